The molecule has 0 radical (unpaired) electrons. The van der Waals surface area contributed by atoms with Gasteiger partial charge in [0.15, 0.2) is 0 Å². The molecule has 1 aromatic carbocycles. The SMILES string of the molecule is CN(CC(=O)NC1CCCCCCC1)S(=O)(=O)c1ccc(F)cc1. The molecule has 0 saturated heterocycles. The molecule has 2 rings (SSSR count). The van der Waals surface area contributed by atoms with Gasteiger partial charge in [-0.15, -0.1) is 0 Å². The van der Waals surface area contributed by atoms with Gasteiger partial charge in [-0.05, 0) is 37.1 Å². The fourth-order valence-corrected chi connectivity index (χ4v) is 4.07. The number of nitrogens with zero attached hydrogens (tertiary/aromatic N) is 1. The van der Waals surface area contributed by atoms with E-state index < -0.39 is 15.8 Å². The first-order valence-corrected chi connectivity index (χ1v) is 9.85. The predicted octanol–water partition coefficient (Wildman–Crippen LogP) is 2.68. The summed E-state index contributed by atoms with van der Waals surface area (Å²) in [6, 6.07) is 4.71. The number of nitrogens with one attached hydrogen (secondary N) is 1. The number of hydrogen-bond acceptors (Lipinski definition) is 3. The average Bonchev–Trinajstić information content (AvgIpc) is 2.50. The second kappa shape index (κ2) is 8.58. The Morgan fingerprint density at radius 3 is 2.25 bits per heavy atom. The molecule has 0 atom stereocenters. The van der Waals surface area contributed by atoms with E-state index in [-0.39, 0.29) is 23.4 Å². The van der Waals surface area contributed by atoms with Crippen molar-refractivity contribution in [2.24, 2.45) is 0 Å². The first-order chi connectivity index (χ1) is 11.4. The minimum Gasteiger partial charge on any atom is -0.352 e. The summed E-state index contributed by atoms with van der Waals surface area (Å²) in [6.07, 6.45) is 7.69. The molecule has 0 unspecified atom stereocenters. The van der Waals surface area contributed by atoms with Crippen LogP contribution in [0, 0.1) is 5.82 Å². The largest absolute Gasteiger partial charge is 0.352 e. The van der Waals surface area contributed by atoms with Crippen LogP contribution in [0.25, 0.3) is 0 Å². The molecule has 5 nitrogen and oxygen atoms in total. The van der Waals surface area contributed by atoms with Crippen LogP contribution in [0.15, 0.2) is 29.2 Å². The number of benzene rings is 1. The highest BCUT2D eigenvalue weighted by Crippen LogP contribution is 2.18. The Morgan fingerprint density at radius 1 is 1.12 bits per heavy atom. The topological polar surface area (TPSA) is 66.5 Å². The number of halogens is 1. The van der Waals surface area contributed by atoms with Crippen LogP contribution in [0.3, 0.4) is 0 Å². The Morgan fingerprint density at radius 2 is 1.67 bits per heavy atom. The second-order valence-corrected chi connectivity index (χ2v) is 8.37. The summed E-state index contributed by atoms with van der Waals surface area (Å²) < 4.78 is 38.7. The van der Waals surface area contributed by atoms with E-state index in [1.165, 1.54) is 38.4 Å². The van der Waals surface area contributed by atoms with Crippen molar-refractivity contribution >= 4 is 15.9 Å². The van der Waals surface area contributed by atoms with Crippen molar-refractivity contribution in [3.05, 3.63) is 30.1 Å². The fraction of sp³-hybridized carbons (Fsp3) is 0.588. The third-order valence-corrected chi connectivity index (χ3v) is 6.18. The third-order valence-electron chi connectivity index (χ3n) is 4.36. The molecule has 1 N–H and O–H groups in total. The minimum atomic E-state index is -3.80. The Bertz CT molecular complexity index is 638. The van der Waals surface area contributed by atoms with Crippen LogP contribution in [-0.4, -0.2) is 38.3 Å². The van der Waals surface area contributed by atoms with Crippen LogP contribution in [0.4, 0.5) is 4.39 Å². The van der Waals surface area contributed by atoms with Crippen molar-refractivity contribution in [2.75, 3.05) is 13.6 Å². The molecule has 7 heteroatoms. The quantitative estimate of drug-likeness (QED) is 0.882. The Hall–Kier alpha value is -1.47. The van der Waals surface area contributed by atoms with Gasteiger partial charge in [0.25, 0.3) is 0 Å². The zero-order chi connectivity index (χ0) is 17.6. The van der Waals surface area contributed by atoms with E-state index in [4.69, 9.17) is 0 Å². The molecule has 0 heterocycles. The second-order valence-electron chi connectivity index (χ2n) is 6.32. The van der Waals surface area contributed by atoms with Gasteiger partial charge < -0.3 is 5.32 Å². The molecule has 0 aromatic heterocycles. The van der Waals surface area contributed by atoms with Gasteiger partial charge >= 0.3 is 0 Å². The molecule has 1 aliphatic carbocycles. The molecular weight excluding hydrogens is 331 g/mol. The lowest BCUT2D eigenvalue weighted by molar-refractivity contribution is -0.121. The van der Waals surface area contributed by atoms with E-state index in [0.29, 0.717) is 0 Å². The maximum absolute atomic E-state index is 12.9. The highest BCUT2D eigenvalue weighted by molar-refractivity contribution is 7.89. The van der Waals surface area contributed by atoms with Crippen LogP contribution in [0.2, 0.25) is 0 Å². The molecular formula is C17H25FN2O3S. The van der Waals surface area contributed by atoms with Gasteiger partial charge in [0, 0.05) is 13.1 Å². The monoisotopic (exact) mass is 356 g/mol. The maximum Gasteiger partial charge on any atom is 0.243 e. The van der Waals surface area contributed by atoms with E-state index in [0.717, 1.165) is 42.1 Å². The number of amides is 1. The average molecular weight is 356 g/mol. The van der Waals surface area contributed by atoms with Gasteiger partial charge in [-0.3, -0.25) is 4.79 Å². The van der Waals surface area contributed by atoms with Crippen LogP contribution in [0.5, 0.6) is 0 Å². The van der Waals surface area contributed by atoms with E-state index in [9.17, 15) is 17.6 Å². The zero-order valence-electron chi connectivity index (χ0n) is 14.0. The van der Waals surface area contributed by atoms with Crippen molar-refractivity contribution < 1.29 is 17.6 Å². The van der Waals surface area contributed by atoms with E-state index in [1.807, 2.05) is 0 Å². The number of carbonyl (C=O) groups is 1. The van der Waals surface area contributed by atoms with Crippen LogP contribution in [0.1, 0.15) is 44.9 Å². The molecule has 1 aromatic rings. The summed E-state index contributed by atoms with van der Waals surface area (Å²) in [5, 5.41) is 2.95. The Balaban J connectivity index is 1.93. The molecule has 24 heavy (non-hydrogen) atoms. The Kier molecular flexibility index (Phi) is 6.74. The van der Waals surface area contributed by atoms with Gasteiger partial charge in [0.2, 0.25) is 15.9 Å². The van der Waals surface area contributed by atoms with Crippen molar-refractivity contribution in [1.29, 1.82) is 0 Å². The summed E-state index contributed by atoms with van der Waals surface area (Å²) in [5.41, 5.74) is 0. The number of sulfonamides is 1. The molecule has 134 valence electrons. The maximum atomic E-state index is 12.9. The summed E-state index contributed by atoms with van der Waals surface area (Å²) >= 11 is 0. The summed E-state index contributed by atoms with van der Waals surface area (Å²) in [7, 11) is -2.44. The molecule has 1 aliphatic rings. The van der Waals surface area contributed by atoms with E-state index in [2.05, 4.69) is 5.32 Å². The lowest BCUT2D eigenvalue weighted by Crippen LogP contribution is -2.42. The molecule has 1 fully saturated rings. The van der Waals surface area contributed by atoms with Crippen LogP contribution >= 0.6 is 0 Å². The molecule has 0 spiro atoms. The fourth-order valence-electron chi connectivity index (χ4n) is 2.95. The number of rotatable bonds is 5. The lowest BCUT2D eigenvalue weighted by Gasteiger charge is -2.23. The van der Waals surface area contributed by atoms with Gasteiger partial charge in [-0.2, -0.15) is 4.31 Å². The van der Waals surface area contributed by atoms with Crippen molar-refractivity contribution in [1.82, 2.24) is 9.62 Å². The zero-order valence-corrected chi connectivity index (χ0v) is 14.8. The number of hydrogen-bond donors (Lipinski definition) is 1. The minimum absolute atomic E-state index is 0.0230. The smallest absolute Gasteiger partial charge is 0.243 e. The highest BCUT2D eigenvalue weighted by atomic mass is 32.2. The number of carbonyl (C=O) groups excluding carboxylic acids is 1. The van der Waals surface area contributed by atoms with Gasteiger partial charge in [-0.1, -0.05) is 32.1 Å². The molecule has 1 amide bonds. The first-order valence-electron chi connectivity index (χ1n) is 8.41. The standard InChI is InChI=1S/C17H25FN2O3S/c1-20(24(22,23)16-11-9-14(18)10-12-16)13-17(21)19-15-7-5-3-2-4-6-8-15/h9-12,15H,2-8,13H2,1H3,(H,19,21). The van der Waals surface area contributed by atoms with Crippen LogP contribution < -0.4 is 5.32 Å². The normalized spacial score (nSPS) is 17.3. The van der Waals surface area contributed by atoms with Gasteiger partial charge in [0.1, 0.15) is 5.82 Å². The molecule has 1 saturated carbocycles. The van der Waals surface area contributed by atoms with Crippen molar-refractivity contribution in [3.8, 4) is 0 Å². The lowest BCUT2D eigenvalue weighted by atomic mass is 9.97. The summed E-state index contributed by atoms with van der Waals surface area (Å²) in [5.74, 6) is -0.799. The highest BCUT2D eigenvalue weighted by Gasteiger charge is 2.24. The van der Waals surface area contributed by atoms with E-state index >= 15 is 0 Å². The third kappa shape index (κ3) is 5.27. The van der Waals surface area contributed by atoms with Crippen molar-refractivity contribution in [3.63, 3.8) is 0 Å². The molecule has 0 bridgehead atoms. The van der Waals surface area contributed by atoms with Gasteiger partial charge in [0.05, 0.1) is 11.4 Å². The van der Waals surface area contributed by atoms with Crippen LogP contribution in [-0.2, 0) is 14.8 Å². The summed E-state index contributed by atoms with van der Waals surface area (Å²) in [4.78, 5) is 12.2. The summed E-state index contributed by atoms with van der Waals surface area (Å²) in [6.45, 7) is -0.240. The van der Waals surface area contributed by atoms with Crippen molar-refractivity contribution in [2.45, 2.75) is 55.9 Å². The molecule has 0 aliphatic heterocycles. The van der Waals surface area contributed by atoms with Gasteiger partial charge in [-0.25, -0.2) is 12.8 Å². The first kappa shape index (κ1) is 18.9. The Labute approximate surface area is 143 Å². The predicted molar refractivity (Wildman–Crippen MR) is 90.5 cm³/mol. The van der Waals surface area contributed by atoms with E-state index in [1.54, 1.807) is 0 Å². The number of likely N-dealkylation sites (N-methyl/N-ethyl adjacent to an activating group) is 1.